The number of piperazine rings is 1. The molecule has 2 N–H and O–H groups in total. The van der Waals surface area contributed by atoms with E-state index in [-0.39, 0.29) is 37.9 Å². The molecule has 1 heterocycles. The second-order valence-corrected chi connectivity index (χ2v) is 10.2. The second-order valence-electron chi connectivity index (χ2n) is 10.2. The van der Waals surface area contributed by atoms with Crippen molar-refractivity contribution in [3.8, 4) is 11.1 Å². The molecule has 0 bridgehead atoms. The molecule has 1 atom stereocenters. The molecule has 0 aromatic heterocycles. The molecule has 2 aromatic rings. The summed E-state index contributed by atoms with van der Waals surface area (Å²) >= 11 is 0. The van der Waals surface area contributed by atoms with Crippen LogP contribution in [0.3, 0.4) is 0 Å². The number of benzene rings is 2. The van der Waals surface area contributed by atoms with Gasteiger partial charge in [-0.1, -0.05) is 62.4 Å². The molecule has 2 aromatic carbocycles. The first-order valence-electron chi connectivity index (χ1n) is 12.0. The van der Waals surface area contributed by atoms with E-state index >= 15 is 0 Å². The summed E-state index contributed by atoms with van der Waals surface area (Å²) in [6.07, 6.45) is -0.315. The number of carbonyl (C=O) groups excluding carboxylic acids is 2. The van der Waals surface area contributed by atoms with Gasteiger partial charge in [0.05, 0.1) is 0 Å². The number of ether oxygens (including phenoxy) is 1. The van der Waals surface area contributed by atoms with Gasteiger partial charge in [0.1, 0.15) is 12.6 Å². The first-order valence-corrected chi connectivity index (χ1v) is 12.0. The van der Waals surface area contributed by atoms with Crippen LogP contribution in [0.4, 0.5) is 4.79 Å². The molecule has 4 rings (SSSR count). The van der Waals surface area contributed by atoms with Gasteiger partial charge >= 0.3 is 12.1 Å². The minimum atomic E-state index is -0.929. The monoisotopic (exact) mass is 479 g/mol. The Hall–Kier alpha value is -3.39. The Morgan fingerprint density at radius 3 is 2.23 bits per heavy atom. The zero-order chi connectivity index (χ0) is 25.2. The van der Waals surface area contributed by atoms with E-state index in [1.165, 1.54) is 11.1 Å². The minimum Gasteiger partial charge on any atom is -0.480 e. The van der Waals surface area contributed by atoms with E-state index in [0.717, 1.165) is 11.1 Å². The number of hydrogen-bond acceptors (Lipinski definition) is 5. The number of fused-ring (bicyclic) bond motifs is 3. The summed E-state index contributed by atoms with van der Waals surface area (Å²) in [5.74, 6) is -1.05. The van der Waals surface area contributed by atoms with Crippen LogP contribution in [0.1, 0.15) is 37.3 Å². The van der Waals surface area contributed by atoms with Crippen molar-refractivity contribution < 1.29 is 24.2 Å². The van der Waals surface area contributed by atoms with Crippen molar-refractivity contribution in [3.63, 3.8) is 0 Å². The Morgan fingerprint density at radius 1 is 1.03 bits per heavy atom. The van der Waals surface area contributed by atoms with Crippen LogP contribution in [0.2, 0.25) is 0 Å². The Balaban J connectivity index is 1.29. The van der Waals surface area contributed by atoms with Gasteiger partial charge in [-0.2, -0.15) is 0 Å². The number of hydrogen-bond donors (Lipinski definition) is 2. The van der Waals surface area contributed by atoms with E-state index in [1.54, 1.807) is 16.8 Å². The summed E-state index contributed by atoms with van der Waals surface area (Å²) < 4.78 is 5.59. The highest BCUT2D eigenvalue weighted by molar-refractivity contribution is 5.80. The number of nitrogens with zero attached hydrogens (tertiary/aromatic N) is 2. The number of amides is 2. The predicted octanol–water partition coefficient (Wildman–Crippen LogP) is 3.17. The van der Waals surface area contributed by atoms with Gasteiger partial charge in [-0.05, 0) is 34.7 Å². The van der Waals surface area contributed by atoms with Crippen molar-refractivity contribution >= 4 is 18.0 Å². The molecular weight excluding hydrogens is 446 g/mol. The van der Waals surface area contributed by atoms with Crippen molar-refractivity contribution in [2.75, 3.05) is 39.8 Å². The summed E-state index contributed by atoms with van der Waals surface area (Å²) in [5.41, 5.74) is 4.14. The fraction of sp³-hybridized carbons (Fsp3) is 0.444. The molecule has 0 spiro atoms. The van der Waals surface area contributed by atoms with Gasteiger partial charge in [-0.15, -0.1) is 0 Å². The van der Waals surface area contributed by atoms with E-state index in [2.05, 4.69) is 29.6 Å². The highest BCUT2D eigenvalue weighted by Gasteiger charge is 2.34. The van der Waals surface area contributed by atoms with E-state index in [0.29, 0.717) is 13.1 Å². The highest BCUT2D eigenvalue weighted by atomic mass is 16.5. The van der Waals surface area contributed by atoms with E-state index in [9.17, 15) is 19.5 Å². The number of alkyl carbamates (subject to hydrolysis) is 1. The number of carboxylic acids is 1. The van der Waals surface area contributed by atoms with Gasteiger partial charge in [-0.3, -0.25) is 14.5 Å². The van der Waals surface area contributed by atoms with Crippen molar-refractivity contribution in [1.29, 1.82) is 0 Å². The maximum absolute atomic E-state index is 12.8. The number of carboxylic acid groups (broad SMARTS) is 1. The van der Waals surface area contributed by atoms with Crippen molar-refractivity contribution in [1.82, 2.24) is 15.1 Å². The lowest BCUT2D eigenvalue weighted by atomic mass is 9.88. The fourth-order valence-electron chi connectivity index (χ4n) is 4.91. The van der Waals surface area contributed by atoms with Gasteiger partial charge in [0.25, 0.3) is 0 Å². The predicted molar refractivity (Wildman–Crippen MR) is 132 cm³/mol. The lowest BCUT2D eigenvalue weighted by Crippen LogP contribution is -2.56. The number of carbonyl (C=O) groups is 3. The Morgan fingerprint density at radius 2 is 1.63 bits per heavy atom. The molecule has 35 heavy (non-hydrogen) atoms. The molecule has 1 fully saturated rings. The minimum absolute atomic E-state index is 0.0119. The Kier molecular flexibility index (Phi) is 7.12. The van der Waals surface area contributed by atoms with Crippen LogP contribution >= 0.6 is 0 Å². The maximum atomic E-state index is 12.8. The van der Waals surface area contributed by atoms with Crippen molar-refractivity contribution in [2.45, 2.75) is 32.2 Å². The molecule has 1 saturated heterocycles. The summed E-state index contributed by atoms with van der Waals surface area (Å²) in [6.45, 7) is 5.48. The van der Waals surface area contributed by atoms with E-state index < -0.39 is 23.5 Å². The third-order valence-electron chi connectivity index (χ3n) is 6.97. The number of likely N-dealkylation sites (N-methyl/N-ethyl adjacent to an activating group) is 1. The molecule has 1 unspecified atom stereocenters. The third kappa shape index (κ3) is 5.48. The average molecular weight is 480 g/mol. The fourth-order valence-corrected chi connectivity index (χ4v) is 4.91. The first kappa shape index (κ1) is 24.7. The quantitative estimate of drug-likeness (QED) is 0.633. The van der Waals surface area contributed by atoms with E-state index in [1.807, 2.05) is 38.1 Å². The van der Waals surface area contributed by atoms with Gasteiger partial charge in [-0.25, -0.2) is 4.79 Å². The summed E-state index contributed by atoms with van der Waals surface area (Å²) in [4.78, 5) is 40.1. The van der Waals surface area contributed by atoms with Crippen LogP contribution in [0.25, 0.3) is 11.1 Å². The molecule has 1 aliphatic carbocycles. The lowest BCUT2D eigenvalue weighted by molar-refractivity contribution is -0.148. The van der Waals surface area contributed by atoms with Crippen LogP contribution in [0.5, 0.6) is 0 Å². The molecule has 8 heteroatoms. The molecule has 0 radical (unpaired) electrons. The van der Waals surface area contributed by atoms with Crippen LogP contribution in [-0.2, 0) is 14.3 Å². The SMILES string of the molecule is CN1CCN(C(=O)CC(C)(C)CNC(=O)OCC2c3ccccc3-c3ccccc32)CC1C(=O)O. The standard InChI is InChI=1S/C27H33N3O5/c1-27(2,14-24(31)30-13-12-29(3)23(15-30)25(32)33)17-28-26(34)35-16-22-20-10-6-4-8-18(20)19-9-5-7-11-21(19)22/h4-11,22-23H,12-17H2,1-3H3,(H,28,34)(H,32,33). The summed E-state index contributed by atoms with van der Waals surface area (Å²) in [5, 5.41) is 12.2. The summed E-state index contributed by atoms with van der Waals surface area (Å²) in [6, 6.07) is 15.6. The average Bonchev–Trinajstić information content (AvgIpc) is 3.15. The molecule has 2 amide bonds. The zero-order valence-electron chi connectivity index (χ0n) is 20.5. The smallest absolute Gasteiger partial charge is 0.407 e. The number of nitrogens with one attached hydrogen (secondary N) is 1. The highest BCUT2D eigenvalue weighted by Crippen LogP contribution is 2.44. The largest absolute Gasteiger partial charge is 0.480 e. The Labute approximate surface area is 205 Å². The third-order valence-corrected chi connectivity index (χ3v) is 6.97. The molecule has 8 nitrogen and oxygen atoms in total. The second kappa shape index (κ2) is 10.1. The van der Waals surface area contributed by atoms with Crippen LogP contribution in [0.15, 0.2) is 48.5 Å². The van der Waals surface area contributed by atoms with Crippen LogP contribution in [0, 0.1) is 5.41 Å². The maximum Gasteiger partial charge on any atom is 0.407 e. The molecular formula is C27H33N3O5. The van der Waals surface area contributed by atoms with Gasteiger partial charge in [0.2, 0.25) is 5.91 Å². The van der Waals surface area contributed by atoms with E-state index in [4.69, 9.17) is 4.74 Å². The molecule has 0 saturated carbocycles. The number of rotatable bonds is 7. The topological polar surface area (TPSA) is 99.2 Å². The van der Waals surface area contributed by atoms with Crippen LogP contribution < -0.4 is 5.32 Å². The van der Waals surface area contributed by atoms with Crippen molar-refractivity contribution in [2.24, 2.45) is 5.41 Å². The lowest BCUT2D eigenvalue weighted by Gasteiger charge is -2.38. The Bertz CT molecular complexity index is 1070. The van der Waals surface area contributed by atoms with Gasteiger partial charge in [0, 0.05) is 38.5 Å². The first-order chi connectivity index (χ1) is 16.7. The molecule has 2 aliphatic rings. The van der Waals surface area contributed by atoms with Crippen molar-refractivity contribution in [3.05, 3.63) is 59.7 Å². The zero-order valence-corrected chi connectivity index (χ0v) is 20.5. The van der Waals surface area contributed by atoms with Gasteiger partial charge in [0.15, 0.2) is 0 Å². The van der Waals surface area contributed by atoms with Crippen LogP contribution in [-0.4, -0.2) is 78.8 Å². The normalized spacial score (nSPS) is 18.0. The summed E-state index contributed by atoms with van der Waals surface area (Å²) in [7, 11) is 1.75. The van der Waals surface area contributed by atoms with Gasteiger partial charge < -0.3 is 20.1 Å². The number of aliphatic carboxylic acids is 1. The molecule has 1 aliphatic heterocycles. The molecule has 186 valence electrons.